The Morgan fingerprint density at radius 1 is 1.29 bits per heavy atom. The lowest BCUT2D eigenvalue weighted by Gasteiger charge is -2.12. The predicted molar refractivity (Wildman–Crippen MR) is 84.3 cm³/mol. The Morgan fingerprint density at radius 3 is 2.67 bits per heavy atom. The predicted octanol–water partition coefficient (Wildman–Crippen LogP) is 3.44. The first-order valence-electron chi connectivity index (χ1n) is 7.26. The summed E-state index contributed by atoms with van der Waals surface area (Å²) < 4.78 is 7.18. The van der Waals surface area contributed by atoms with Gasteiger partial charge in [0.1, 0.15) is 5.69 Å². The molecular weight excluding hydrogens is 264 g/mol. The van der Waals surface area contributed by atoms with Crippen LogP contribution in [0.15, 0.2) is 42.6 Å². The van der Waals surface area contributed by atoms with E-state index in [-0.39, 0.29) is 12.0 Å². The number of carbonyl (C=O) groups is 1. The Morgan fingerprint density at radius 2 is 2.00 bits per heavy atom. The second-order valence-corrected chi connectivity index (χ2v) is 5.38. The largest absolute Gasteiger partial charge is 0.461 e. The van der Waals surface area contributed by atoms with E-state index in [1.165, 1.54) is 5.56 Å². The number of aryl methyl sites for hydroxylation is 1. The van der Waals surface area contributed by atoms with Crippen molar-refractivity contribution in [2.45, 2.75) is 32.7 Å². The number of esters is 1. The number of nitrogens with zero attached hydrogens (tertiary/aromatic N) is 1. The van der Waals surface area contributed by atoms with Gasteiger partial charge in [0, 0.05) is 12.2 Å². The van der Waals surface area contributed by atoms with Gasteiger partial charge in [-0.05, 0) is 38.3 Å². The molecule has 4 nitrogen and oxygen atoms in total. The number of carbonyl (C=O) groups excluding carboxylic acids is 1. The van der Waals surface area contributed by atoms with Crippen LogP contribution in [0.5, 0.6) is 0 Å². The number of hydrogen-bond acceptors (Lipinski definition) is 3. The summed E-state index contributed by atoms with van der Waals surface area (Å²) in [5.41, 5.74) is 8.11. The molecule has 0 radical (unpaired) electrons. The van der Waals surface area contributed by atoms with Gasteiger partial charge >= 0.3 is 5.97 Å². The molecule has 0 unspecified atom stereocenters. The van der Waals surface area contributed by atoms with Crippen LogP contribution < -0.4 is 5.73 Å². The Hall–Kier alpha value is -2.23. The fraction of sp³-hybridized carbons (Fsp3) is 0.353. The molecule has 4 heteroatoms. The van der Waals surface area contributed by atoms with E-state index in [2.05, 4.69) is 12.1 Å². The van der Waals surface area contributed by atoms with Gasteiger partial charge in [-0.25, -0.2) is 4.79 Å². The fourth-order valence-corrected chi connectivity index (χ4v) is 2.25. The standard InChI is InChI=1S/C17H22N2O2/c1-13(2)19-12-15(18)11-16(19)17(20)21-10-6-9-14-7-4-3-5-8-14/h3-5,7-8,11-13H,6,9-10,18H2,1-2H3. The van der Waals surface area contributed by atoms with Crippen LogP contribution in [-0.4, -0.2) is 17.1 Å². The Kier molecular flexibility index (Phi) is 5.04. The molecule has 1 aromatic heterocycles. The Balaban J connectivity index is 1.85. The van der Waals surface area contributed by atoms with Crippen molar-refractivity contribution in [3.63, 3.8) is 0 Å². The first-order chi connectivity index (χ1) is 10.1. The molecule has 0 atom stereocenters. The number of aromatic nitrogens is 1. The van der Waals surface area contributed by atoms with Gasteiger partial charge in [-0.3, -0.25) is 0 Å². The van der Waals surface area contributed by atoms with Crippen LogP contribution in [0, 0.1) is 0 Å². The van der Waals surface area contributed by atoms with E-state index in [1.54, 1.807) is 12.3 Å². The Bertz CT molecular complexity index is 588. The fourth-order valence-electron chi connectivity index (χ4n) is 2.25. The summed E-state index contributed by atoms with van der Waals surface area (Å²) in [4.78, 5) is 12.1. The quantitative estimate of drug-likeness (QED) is 0.653. The third kappa shape index (κ3) is 4.12. The van der Waals surface area contributed by atoms with Crippen molar-refractivity contribution in [2.75, 3.05) is 12.3 Å². The van der Waals surface area contributed by atoms with E-state index in [4.69, 9.17) is 10.5 Å². The lowest BCUT2D eigenvalue weighted by molar-refractivity contribution is 0.0486. The van der Waals surface area contributed by atoms with Gasteiger partial charge in [0.15, 0.2) is 0 Å². The summed E-state index contributed by atoms with van der Waals surface area (Å²) in [6.07, 6.45) is 3.49. The molecule has 2 rings (SSSR count). The van der Waals surface area contributed by atoms with E-state index < -0.39 is 0 Å². The van der Waals surface area contributed by atoms with Crippen LogP contribution in [0.2, 0.25) is 0 Å². The number of anilines is 1. The van der Waals surface area contributed by atoms with E-state index in [0.29, 0.717) is 18.0 Å². The summed E-state index contributed by atoms with van der Waals surface area (Å²) in [7, 11) is 0. The molecule has 2 N–H and O–H groups in total. The molecular formula is C17H22N2O2. The molecule has 1 heterocycles. The summed E-state index contributed by atoms with van der Waals surface area (Å²) >= 11 is 0. The average molecular weight is 286 g/mol. The topological polar surface area (TPSA) is 57.2 Å². The van der Waals surface area contributed by atoms with Gasteiger partial charge in [0.2, 0.25) is 0 Å². The molecule has 0 saturated heterocycles. The molecule has 0 amide bonds. The molecule has 0 bridgehead atoms. The minimum absolute atomic E-state index is 0.175. The zero-order chi connectivity index (χ0) is 15.2. The highest BCUT2D eigenvalue weighted by atomic mass is 16.5. The Labute approximate surface area is 125 Å². The average Bonchev–Trinajstić information content (AvgIpc) is 2.87. The number of hydrogen-bond donors (Lipinski definition) is 1. The molecule has 0 aliphatic rings. The zero-order valence-corrected chi connectivity index (χ0v) is 12.6. The molecule has 0 spiro atoms. The first kappa shape index (κ1) is 15.2. The summed E-state index contributed by atoms with van der Waals surface area (Å²) in [5.74, 6) is -0.312. The number of nitrogen functional groups attached to an aromatic ring is 1. The third-order valence-electron chi connectivity index (χ3n) is 3.32. The molecule has 0 aliphatic carbocycles. The van der Waals surface area contributed by atoms with Gasteiger partial charge in [0.05, 0.1) is 12.3 Å². The molecule has 0 fully saturated rings. The van der Waals surface area contributed by atoms with Gasteiger partial charge in [-0.1, -0.05) is 30.3 Å². The van der Waals surface area contributed by atoms with Crippen molar-refractivity contribution < 1.29 is 9.53 Å². The lowest BCUT2D eigenvalue weighted by atomic mass is 10.1. The monoisotopic (exact) mass is 286 g/mol. The van der Waals surface area contributed by atoms with Crippen LogP contribution in [-0.2, 0) is 11.2 Å². The first-order valence-corrected chi connectivity index (χ1v) is 7.26. The smallest absolute Gasteiger partial charge is 0.355 e. The van der Waals surface area contributed by atoms with Crippen molar-refractivity contribution >= 4 is 11.7 Å². The highest BCUT2D eigenvalue weighted by molar-refractivity contribution is 5.89. The highest BCUT2D eigenvalue weighted by Crippen LogP contribution is 2.17. The zero-order valence-electron chi connectivity index (χ0n) is 12.6. The van der Waals surface area contributed by atoms with Crippen LogP contribution in [0.4, 0.5) is 5.69 Å². The highest BCUT2D eigenvalue weighted by Gasteiger charge is 2.15. The van der Waals surface area contributed by atoms with Crippen LogP contribution in [0.3, 0.4) is 0 Å². The van der Waals surface area contributed by atoms with Crippen molar-refractivity contribution in [1.82, 2.24) is 4.57 Å². The number of rotatable bonds is 6. The maximum Gasteiger partial charge on any atom is 0.355 e. The molecule has 1 aromatic carbocycles. The van der Waals surface area contributed by atoms with Gasteiger partial charge < -0.3 is 15.0 Å². The maximum atomic E-state index is 12.1. The summed E-state index contributed by atoms with van der Waals surface area (Å²) in [5, 5.41) is 0. The number of benzene rings is 1. The number of nitrogens with two attached hydrogens (primary N) is 1. The van der Waals surface area contributed by atoms with E-state index in [9.17, 15) is 4.79 Å². The van der Waals surface area contributed by atoms with Crippen molar-refractivity contribution in [3.05, 3.63) is 53.9 Å². The minimum Gasteiger partial charge on any atom is -0.461 e. The normalized spacial score (nSPS) is 10.8. The number of ether oxygens (including phenoxy) is 1. The molecule has 2 aromatic rings. The minimum atomic E-state index is -0.312. The van der Waals surface area contributed by atoms with E-state index >= 15 is 0 Å². The van der Waals surface area contributed by atoms with Crippen molar-refractivity contribution in [2.24, 2.45) is 0 Å². The van der Waals surface area contributed by atoms with Gasteiger partial charge in [-0.2, -0.15) is 0 Å². The lowest BCUT2D eigenvalue weighted by Crippen LogP contribution is -2.14. The second-order valence-electron chi connectivity index (χ2n) is 5.38. The maximum absolute atomic E-state index is 12.1. The molecule has 0 aliphatic heterocycles. The van der Waals surface area contributed by atoms with Crippen LogP contribution in [0.25, 0.3) is 0 Å². The second kappa shape index (κ2) is 6.97. The van der Waals surface area contributed by atoms with Crippen LogP contribution >= 0.6 is 0 Å². The van der Waals surface area contributed by atoms with Crippen molar-refractivity contribution in [1.29, 1.82) is 0 Å². The van der Waals surface area contributed by atoms with E-state index in [1.807, 2.05) is 36.6 Å². The van der Waals surface area contributed by atoms with Gasteiger partial charge in [0.25, 0.3) is 0 Å². The van der Waals surface area contributed by atoms with Crippen LogP contribution in [0.1, 0.15) is 42.4 Å². The molecule has 0 saturated carbocycles. The summed E-state index contributed by atoms with van der Waals surface area (Å²) in [6, 6.07) is 12.0. The van der Waals surface area contributed by atoms with Crippen molar-refractivity contribution in [3.8, 4) is 0 Å². The summed E-state index contributed by atoms with van der Waals surface area (Å²) in [6.45, 7) is 4.42. The third-order valence-corrected chi connectivity index (χ3v) is 3.32. The SMILES string of the molecule is CC(C)n1cc(N)cc1C(=O)OCCCc1ccccc1. The van der Waals surface area contributed by atoms with Gasteiger partial charge in [-0.15, -0.1) is 0 Å². The van der Waals surface area contributed by atoms with E-state index in [0.717, 1.165) is 12.8 Å². The molecule has 112 valence electrons. The molecule has 21 heavy (non-hydrogen) atoms.